The Morgan fingerprint density at radius 3 is 1.38 bits per heavy atom. The Hall–Kier alpha value is 0.354. The van der Waals surface area contributed by atoms with Gasteiger partial charge in [-0.1, -0.05) is 0 Å². The highest BCUT2D eigenvalue weighted by molar-refractivity contribution is 6.05. The zero-order valence-corrected chi connectivity index (χ0v) is 7.31. The van der Waals surface area contributed by atoms with E-state index >= 15 is 0 Å². The Morgan fingerprint density at radius 1 is 1.00 bits per heavy atom. The quantitative estimate of drug-likeness (QED) is 0.467. The fourth-order valence-corrected chi connectivity index (χ4v) is 0.500. The zero-order valence-electron chi connectivity index (χ0n) is 5.31. The fourth-order valence-electron chi connectivity index (χ4n) is 0.300. The molecule has 0 aromatic carbocycles. The normalized spacial score (nSPS) is 11.2. The van der Waals surface area contributed by atoms with Crippen molar-refractivity contribution in [3.63, 3.8) is 0 Å². The highest BCUT2D eigenvalue weighted by Gasteiger charge is 1.90. The molecule has 0 N–H and O–H groups in total. The topological polar surface area (TPSA) is 6.48 Å². The third kappa shape index (κ3) is 6.35. The standard InChI is InChI=1S/C4H10N2Si2/c1-5(7)3-4-6(2)8/h3-4H2,1-2H3. The van der Waals surface area contributed by atoms with E-state index in [1.807, 2.05) is 23.2 Å². The number of hydrogen-bond acceptors (Lipinski definition) is 2. The van der Waals surface area contributed by atoms with Gasteiger partial charge < -0.3 is 9.13 Å². The van der Waals surface area contributed by atoms with Crippen LogP contribution in [0.15, 0.2) is 0 Å². The molecule has 44 valence electrons. The molecule has 0 saturated heterocycles. The minimum atomic E-state index is 1.01. The molecular formula is C4H10N2Si2. The summed E-state index contributed by atoms with van der Waals surface area (Å²) in [5.41, 5.74) is 0. The van der Waals surface area contributed by atoms with Crippen molar-refractivity contribution < 1.29 is 0 Å². The first-order valence-corrected chi connectivity index (χ1v) is 3.37. The first kappa shape index (κ1) is 8.35. The van der Waals surface area contributed by atoms with Crippen molar-refractivity contribution in [2.24, 2.45) is 0 Å². The highest BCUT2D eigenvalue weighted by Crippen LogP contribution is 1.74. The number of nitrogens with zero attached hydrogens (tertiary/aromatic N) is 2. The summed E-state index contributed by atoms with van der Waals surface area (Å²) in [5.74, 6) is 0. The molecule has 0 fully saturated rings. The monoisotopic (exact) mass is 142 g/mol. The largest absolute Gasteiger partial charge is 0.328 e. The SMILES string of the molecule is CN([Si])CCN(C)[Si]. The van der Waals surface area contributed by atoms with Crippen LogP contribution in [-0.2, 0) is 0 Å². The Bertz CT molecular complexity index is 48.0. The van der Waals surface area contributed by atoms with Gasteiger partial charge in [0, 0.05) is 13.1 Å². The molecule has 0 bridgehead atoms. The Morgan fingerprint density at radius 2 is 1.25 bits per heavy atom. The van der Waals surface area contributed by atoms with E-state index in [1.165, 1.54) is 0 Å². The van der Waals surface area contributed by atoms with Crippen molar-refractivity contribution in [3.05, 3.63) is 0 Å². The third-order valence-corrected chi connectivity index (χ3v) is 1.22. The van der Waals surface area contributed by atoms with Gasteiger partial charge in [0.05, 0.1) is 0 Å². The van der Waals surface area contributed by atoms with Crippen LogP contribution in [0.25, 0.3) is 0 Å². The average molecular weight is 142 g/mol. The smallest absolute Gasteiger partial charge is 0.143 e. The van der Waals surface area contributed by atoms with Crippen LogP contribution in [0.3, 0.4) is 0 Å². The van der Waals surface area contributed by atoms with Crippen LogP contribution < -0.4 is 0 Å². The third-order valence-electron chi connectivity index (χ3n) is 0.771. The van der Waals surface area contributed by atoms with Gasteiger partial charge in [0.15, 0.2) is 0 Å². The maximum absolute atomic E-state index is 3.33. The lowest BCUT2D eigenvalue weighted by molar-refractivity contribution is 0.450. The summed E-state index contributed by atoms with van der Waals surface area (Å²) in [6.45, 7) is 2.02. The maximum Gasteiger partial charge on any atom is 0.143 e. The van der Waals surface area contributed by atoms with Crippen molar-refractivity contribution in [2.75, 3.05) is 27.2 Å². The van der Waals surface area contributed by atoms with Crippen molar-refractivity contribution in [1.82, 2.24) is 9.13 Å². The van der Waals surface area contributed by atoms with Gasteiger partial charge in [-0.15, -0.1) is 0 Å². The van der Waals surface area contributed by atoms with E-state index in [0.29, 0.717) is 0 Å². The summed E-state index contributed by atoms with van der Waals surface area (Å²) in [6.07, 6.45) is 0. The molecule has 0 aromatic rings. The second-order valence-corrected chi connectivity index (χ2v) is 3.37. The molecule has 0 heterocycles. The molecule has 0 atom stereocenters. The summed E-state index contributed by atoms with van der Waals surface area (Å²) in [5, 5.41) is 0. The molecule has 0 unspecified atom stereocenters. The van der Waals surface area contributed by atoms with E-state index in [-0.39, 0.29) is 0 Å². The summed E-state index contributed by atoms with van der Waals surface area (Å²) >= 11 is 0. The molecule has 0 rings (SSSR count). The number of hydrogen-bond donors (Lipinski definition) is 0. The van der Waals surface area contributed by atoms with Crippen LogP contribution in [-0.4, -0.2) is 57.1 Å². The molecule has 0 aliphatic carbocycles. The molecular weight excluding hydrogens is 132 g/mol. The van der Waals surface area contributed by atoms with Crippen LogP contribution in [0.5, 0.6) is 0 Å². The van der Waals surface area contributed by atoms with E-state index in [9.17, 15) is 0 Å². The first-order valence-electron chi connectivity index (χ1n) is 2.47. The summed E-state index contributed by atoms with van der Waals surface area (Å²) in [4.78, 5) is 0. The van der Waals surface area contributed by atoms with Gasteiger partial charge in [0.25, 0.3) is 0 Å². The van der Waals surface area contributed by atoms with Crippen LogP contribution in [0.4, 0.5) is 0 Å². The maximum atomic E-state index is 3.33. The zero-order chi connectivity index (χ0) is 6.57. The number of rotatable bonds is 3. The molecule has 4 heteroatoms. The van der Waals surface area contributed by atoms with Gasteiger partial charge in [0.2, 0.25) is 0 Å². The Labute approximate surface area is 57.9 Å². The number of likely N-dealkylation sites (N-methyl/N-ethyl adjacent to an activating group) is 2. The molecule has 0 saturated carbocycles. The van der Waals surface area contributed by atoms with Gasteiger partial charge in [0.1, 0.15) is 20.8 Å². The van der Waals surface area contributed by atoms with E-state index < -0.39 is 0 Å². The Balaban J connectivity index is 2.93. The molecule has 0 aliphatic heterocycles. The van der Waals surface area contributed by atoms with Crippen LogP contribution in [0.2, 0.25) is 0 Å². The molecule has 8 heavy (non-hydrogen) atoms. The van der Waals surface area contributed by atoms with Gasteiger partial charge in [-0.05, 0) is 14.1 Å². The van der Waals surface area contributed by atoms with E-state index in [2.05, 4.69) is 20.8 Å². The van der Waals surface area contributed by atoms with Crippen molar-refractivity contribution >= 4 is 20.8 Å². The molecule has 0 aliphatic rings. The van der Waals surface area contributed by atoms with E-state index in [0.717, 1.165) is 13.1 Å². The summed E-state index contributed by atoms with van der Waals surface area (Å²) < 4.78 is 3.91. The lowest BCUT2D eigenvalue weighted by atomic mass is 10.6. The lowest BCUT2D eigenvalue weighted by Gasteiger charge is -2.13. The van der Waals surface area contributed by atoms with Crippen LogP contribution in [0, 0.1) is 0 Å². The Kier molecular flexibility index (Phi) is 4.44. The van der Waals surface area contributed by atoms with Crippen molar-refractivity contribution in [3.8, 4) is 0 Å². The minimum absolute atomic E-state index is 1.01. The molecule has 2 nitrogen and oxygen atoms in total. The molecule has 6 radical (unpaired) electrons. The lowest BCUT2D eigenvalue weighted by Crippen LogP contribution is -2.27. The molecule has 0 aromatic heterocycles. The summed E-state index contributed by atoms with van der Waals surface area (Å²) in [6, 6.07) is 0. The van der Waals surface area contributed by atoms with Crippen molar-refractivity contribution in [2.45, 2.75) is 0 Å². The van der Waals surface area contributed by atoms with Gasteiger partial charge in [-0.25, -0.2) is 0 Å². The predicted molar refractivity (Wildman–Crippen MR) is 36.8 cm³/mol. The first-order chi connectivity index (χ1) is 3.63. The fraction of sp³-hybridized carbons (Fsp3) is 1.00. The average Bonchev–Trinajstić information content (AvgIpc) is 1.61. The molecule has 0 amide bonds. The second kappa shape index (κ2) is 4.25. The van der Waals surface area contributed by atoms with E-state index in [1.54, 1.807) is 0 Å². The summed E-state index contributed by atoms with van der Waals surface area (Å²) in [7, 11) is 10.6. The van der Waals surface area contributed by atoms with Gasteiger partial charge in [-0.3, -0.25) is 0 Å². The highest BCUT2D eigenvalue weighted by atomic mass is 28.2. The van der Waals surface area contributed by atoms with E-state index in [4.69, 9.17) is 0 Å². The van der Waals surface area contributed by atoms with Gasteiger partial charge >= 0.3 is 0 Å². The van der Waals surface area contributed by atoms with Gasteiger partial charge in [-0.2, -0.15) is 0 Å². The predicted octanol–water partition coefficient (Wildman–Crippen LogP) is -0.983. The minimum Gasteiger partial charge on any atom is -0.328 e. The molecule has 0 spiro atoms. The van der Waals surface area contributed by atoms with Crippen LogP contribution in [0.1, 0.15) is 0 Å². The van der Waals surface area contributed by atoms with Crippen molar-refractivity contribution in [1.29, 1.82) is 0 Å². The second-order valence-electron chi connectivity index (χ2n) is 1.84. The van der Waals surface area contributed by atoms with Crippen LogP contribution >= 0.6 is 0 Å².